The molecule has 1 aromatic heterocycles. The van der Waals surface area contributed by atoms with Gasteiger partial charge in [0.1, 0.15) is 0 Å². The van der Waals surface area contributed by atoms with Crippen LogP contribution in [0.25, 0.3) is 0 Å². The molecule has 3 heteroatoms. The Bertz CT molecular complexity index is 257. The smallest absolute Gasteiger partial charge is 0.0894 e. The zero-order chi connectivity index (χ0) is 9.84. The van der Waals surface area contributed by atoms with E-state index >= 15 is 0 Å². The van der Waals surface area contributed by atoms with Crippen molar-refractivity contribution in [2.45, 2.75) is 19.4 Å². The molecule has 0 aromatic carbocycles. The molecule has 0 radical (unpaired) electrons. The van der Waals surface area contributed by atoms with Crippen LogP contribution in [0.2, 0.25) is 0 Å². The molecule has 1 N–H and O–H groups in total. The first-order chi connectivity index (χ1) is 6.09. The molecule has 0 aliphatic heterocycles. The molecule has 1 heterocycles. The van der Waals surface area contributed by atoms with Crippen molar-refractivity contribution in [3.8, 4) is 0 Å². The second kappa shape index (κ2) is 4.74. The molecule has 74 valence electrons. The first-order valence-corrected chi connectivity index (χ1v) is 5.35. The van der Waals surface area contributed by atoms with Crippen LogP contribution in [0.4, 0.5) is 0 Å². The predicted octanol–water partition coefficient (Wildman–Crippen LogP) is 2.04. The van der Waals surface area contributed by atoms with Gasteiger partial charge in [0.15, 0.2) is 0 Å². The first-order valence-electron chi connectivity index (χ1n) is 4.47. The van der Waals surface area contributed by atoms with Gasteiger partial charge in [-0.05, 0) is 44.4 Å². The monoisotopic (exact) mass is 199 g/mol. The van der Waals surface area contributed by atoms with Gasteiger partial charge in [0.2, 0.25) is 0 Å². The predicted molar refractivity (Wildman–Crippen MR) is 57.2 cm³/mol. The lowest BCUT2D eigenvalue weighted by atomic mass is 10.2. The number of aliphatic hydroxyl groups is 1. The Balaban J connectivity index is 2.44. The quantitative estimate of drug-likeness (QED) is 0.802. The van der Waals surface area contributed by atoms with Crippen molar-refractivity contribution in [2.75, 3.05) is 20.6 Å². The maximum atomic E-state index is 9.77. The van der Waals surface area contributed by atoms with Crippen molar-refractivity contribution in [2.24, 2.45) is 0 Å². The molecular formula is C10H17NOS. The van der Waals surface area contributed by atoms with Gasteiger partial charge in [-0.3, -0.25) is 0 Å². The van der Waals surface area contributed by atoms with Gasteiger partial charge in [0.25, 0.3) is 0 Å². The summed E-state index contributed by atoms with van der Waals surface area (Å²) in [6.45, 7) is 2.98. The SMILES string of the molecule is Cc1csc(C(O)CCN(C)C)c1. The molecule has 0 saturated carbocycles. The van der Waals surface area contributed by atoms with Gasteiger partial charge < -0.3 is 10.0 Å². The second-order valence-corrected chi connectivity index (χ2v) is 4.58. The van der Waals surface area contributed by atoms with Gasteiger partial charge in [-0.2, -0.15) is 0 Å². The zero-order valence-corrected chi connectivity index (χ0v) is 9.27. The van der Waals surface area contributed by atoms with Crippen LogP contribution in [0.3, 0.4) is 0 Å². The number of rotatable bonds is 4. The fourth-order valence-corrected chi connectivity index (χ4v) is 2.07. The number of hydrogen-bond donors (Lipinski definition) is 1. The molecule has 0 spiro atoms. The highest BCUT2D eigenvalue weighted by Gasteiger charge is 2.09. The van der Waals surface area contributed by atoms with E-state index in [1.54, 1.807) is 11.3 Å². The molecule has 0 saturated heterocycles. The highest BCUT2D eigenvalue weighted by atomic mass is 32.1. The number of thiophene rings is 1. The van der Waals surface area contributed by atoms with Crippen molar-refractivity contribution in [1.82, 2.24) is 4.90 Å². The lowest BCUT2D eigenvalue weighted by Gasteiger charge is -2.12. The van der Waals surface area contributed by atoms with Crippen molar-refractivity contribution < 1.29 is 5.11 Å². The molecule has 1 atom stereocenters. The molecule has 2 nitrogen and oxygen atoms in total. The normalized spacial score (nSPS) is 13.6. The summed E-state index contributed by atoms with van der Waals surface area (Å²) in [5, 5.41) is 11.8. The molecule has 0 fully saturated rings. The molecule has 0 bridgehead atoms. The summed E-state index contributed by atoms with van der Waals surface area (Å²) < 4.78 is 0. The maximum Gasteiger partial charge on any atom is 0.0894 e. The first kappa shape index (κ1) is 10.7. The van der Waals surface area contributed by atoms with Crippen LogP contribution >= 0.6 is 11.3 Å². The fourth-order valence-electron chi connectivity index (χ4n) is 1.15. The Labute approximate surface area is 83.8 Å². The number of aryl methyl sites for hydroxylation is 1. The van der Waals surface area contributed by atoms with Gasteiger partial charge in [-0.1, -0.05) is 0 Å². The number of aliphatic hydroxyl groups excluding tert-OH is 1. The van der Waals surface area contributed by atoms with Gasteiger partial charge in [-0.25, -0.2) is 0 Å². The van der Waals surface area contributed by atoms with Gasteiger partial charge in [-0.15, -0.1) is 11.3 Å². The highest BCUT2D eigenvalue weighted by Crippen LogP contribution is 2.23. The third-order valence-electron chi connectivity index (χ3n) is 1.93. The summed E-state index contributed by atoms with van der Waals surface area (Å²) >= 11 is 1.64. The summed E-state index contributed by atoms with van der Waals surface area (Å²) in [5.41, 5.74) is 1.24. The summed E-state index contributed by atoms with van der Waals surface area (Å²) in [6.07, 6.45) is 0.522. The van der Waals surface area contributed by atoms with Crippen molar-refractivity contribution in [3.05, 3.63) is 21.9 Å². The minimum atomic E-state index is -0.291. The van der Waals surface area contributed by atoms with Crippen LogP contribution in [-0.2, 0) is 0 Å². The van der Waals surface area contributed by atoms with Crippen molar-refractivity contribution >= 4 is 11.3 Å². The Morgan fingerprint density at radius 1 is 1.54 bits per heavy atom. The van der Waals surface area contributed by atoms with E-state index < -0.39 is 0 Å². The fraction of sp³-hybridized carbons (Fsp3) is 0.600. The average molecular weight is 199 g/mol. The largest absolute Gasteiger partial charge is 0.388 e. The summed E-state index contributed by atoms with van der Waals surface area (Å²) in [6, 6.07) is 2.06. The van der Waals surface area contributed by atoms with E-state index in [4.69, 9.17) is 0 Å². The topological polar surface area (TPSA) is 23.5 Å². The maximum absolute atomic E-state index is 9.77. The van der Waals surface area contributed by atoms with Crippen LogP contribution < -0.4 is 0 Å². The van der Waals surface area contributed by atoms with Crippen LogP contribution in [0.5, 0.6) is 0 Å². The molecule has 0 aliphatic carbocycles. The van der Waals surface area contributed by atoms with E-state index in [-0.39, 0.29) is 6.10 Å². The number of hydrogen-bond acceptors (Lipinski definition) is 3. The molecule has 0 aliphatic rings. The van der Waals surface area contributed by atoms with E-state index in [9.17, 15) is 5.11 Å². The Kier molecular flexibility index (Phi) is 3.90. The Morgan fingerprint density at radius 3 is 2.69 bits per heavy atom. The summed E-state index contributed by atoms with van der Waals surface area (Å²) in [4.78, 5) is 3.17. The van der Waals surface area contributed by atoms with Crippen LogP contribution in [0, 0.1) is 6.92 Å². The summed E-state index contributed by atoms with van der Waals surface area (Å²) in [7, 11) is 4.04. The van der Waals surface area contributed by atoms with E-state index in [1.807, 2.05) is 14.1 Å². The standard InChI is InChI=1S/C10H17NOS/c1-8-6-10(13-7-8)9(12)4-5-11(2)3/h6-7,9,12H,4-5H2,1-3H3. The minimum absolute atomic E-state index is 0.291. The molecule has 1 unspecified atom stereocenters. The number of nitrogens with zero attached hydrogens (tertiary/aromatic N) is 1. The van der Waals surface area contributed by atoms with Crippen molar-refractivity contribution in [1.29, 1.82) is 0 Å². The van der Waals surface area contributed by atoms with E-state index in [0.717, 1.165) is 17.8 Å². The van der Waals surface area contributed by atoms with Gasteiger partial charge in [0, 0.05) is 11.4 Å². The second-order valence-electron chi connectivity index (χ2n) is 3.63. The summed E-state index contributed by atoms with van der Waals surface area (Å²) in [5.74, 6) is 0. The molecular weight excluding hydrogens is 182 g/mol. The Hall–Kier alpha value is -0.380. The van der Waals surface area contributed by atoms with E-state index in [0.29, 0.717) is 0 Å². The lowest BCUT2D eigenvalue weighted by molar-refractivity contribution is 0.157. The highest BCUT2D eigenvalue weighted by molar-refractivity contribution is 7.10. The molecule has 1 aromatic rings. The zero-order valence-electron chi connectivity index (χ0n) is 8.45. The molecule has 0 amide bonds. The van der Waals surface area contributed by atoms with E-state index in [2.05, 4.69) is 23.3 Å². The van der Waals surface area contributed by atoms with Crippen LogP contribution in [0.1, 0.15) is 23.0 Å². The molecule has 13 heavy (non-hydrogen) atoms. The molecule has 1 rings (SSSR count). The van der Waals surface area contributed by atoms with Crippen LogP contribution in [0.15, 0.2) is 11.4 Å². The van der Waals surface area contributed by atoms with Gasteiger partial charge >= 0.3 is 0 Å². The third-order valence-corrected chi connectivity index (χ3v) is 3.08. The third kappa shape index (κ3) is 3.46. The van der Waals surface area contributed by atoms with Gasteiger partial charge in [0.05, 0.1) is 6.10 Å². The Morgan fingerprint density at radius 2 is 2.23 bits per heavy atom. The lowest BCUT2D eigenvalue weighted by Crippen LogP contribution is -2.15. The van der Waals surface area contributed by atoms with E-state index in [1.165, 1.54) is 5.56 Å². The minimum Gasteiger partial charge on any atom is -0.388 e. The van der Waals surface area contributed by atoms with Crippen LogP contribution in [-0.4, -0.2) is 30.6 Å². The van der Waals surface area contributed by atoms with Crippen molar-refractivity contribution in [3.63, 3.8) is 0 Å². The average Bonchev–Trinajstić information content (AvgIpc) is 2.47.